The van der Waals surface area contributed by atoms with Gasteiger partial charge in [-0.15, -0.1) is 0 Å². The number of hydrogen-bond donors (Lipinski definition) is 2. The fourth-order valence-electron chi connectivity index (χ4n) is 7.03. The first-order valence-corrected chi connectivity index (χ1v) is 10.6. The average molecular weight is 376 g/mol. The monoisotopic (exact) mass is 375 g/mol. The largest absolute Gasteiger partial charge is 0.411 e. The highest BCUT2D eigenvalue weighted by atomic mass is 16.6. The lowest BCUT2D eigenvalue weighted by molar-refractivity contribution is -0.133. The highest BCUT2D eigenvalue weighted by Crippen LogP contribution is 2.64. The number of rotatable bonds is 3. The number of carbonyl (C=O) groups excluding carboxylic acids is 1. The smallest absolute Gasteiger partial charge is 0.139 e. The van der Waals surface area contributed by atoms with Crippen molar-refractivity contribution in [3.8, 4) is 0 Å². The topological polar surface area (TPSA) is 97.3 Å². The van der Waals surface area contributed by atoms with E-state index >= 15 is 0 Å². The van der Waals surface area contributed by atoms with Crippen molar-refractivity contribution in [1.82, 2.24) is 0 Å². The summed E-state index contributed by atoms with van der Waals surface area (Å²) in [4.78, 5) is 17.9. The molecule has 150 valence electrons. The fourth-order valence-corrected chi connectivity index (χ4v) is 7.03. The van der Waals surface area contributed by atoms with Crippen LogP contribution in [0.1, 0.15) is 65.2 Å². The molecule has 4 rings (SSSR count). The van der Waals surface area contributed by atoms with Crippen molar-refractivity contribution in [2.75, 3.05) is 13.2 Å². The van der Waals surface area contributed by atoms with Crippen LogP contribution in [-0.4, -0.2) is 35.6 Å². The van der Waals surface area contributed by atoms with Crippen LogP contribution < -0.4 is 5.73 Å². The third-order valence-corrected chi connectivity index (χ3v) is 8.56. The zero-order valence-electron chi connectivity index (χ0n) is 16.6. The van der Waals surface area contributed by atoms with E-state index < -0.39 is 0 Å². The summed E-state index contributed by atoms with van der Waals surface area (Å²) in [6, 6.07) is 0. The van der Waals surface area contributed by atoms with Crippen LogP contribution in [-0.2, 0) is 9.63 Å². The first kappa shape index (κ1) is 18.9. The van der Waals surface area contributed by atoms with Gasteiger partial charge >= 0.3 is 0 Å². The SMILES string of the molecule is C[C@]12CCC3C(C/C(=N\O)[C@H]4C/C(=N/OCCN)CC[C@]34C)C1CCC2=O. The molecule has 6 nitrogen and oxygen atoms in total. The van der Waals surface area contributed by atoms with Crippen LogP contribution in [0.3, 0.4) is 0 Å². The first-order valence-electron chi connectivity index (χ1n) is 10.6. The second kappa shape index (κ2) is 6.87. The Morgan fingerprint density at radius 3 is 2.74 bits per heavy atom. The maximum atomic E-state index is 12.6. The van der Waals surface area contributed by atoms with Crippen molar-refractivity contribution in [1.29, 1.82) is 0 Å². The van der Waals surface area contributed by atoms with Gasteiger partial charge in [-0.1, -0.05) is 24.2 Å². The summed E-state index contributed by atoms with van der Waals surface area (Å²) in [6.07, 6.45) is 7.48. The van der Waals surface area contributed by atoms with Crippen molar-refractivity contribution >= 4 is 17.2 Å². The van der Waals surface area contributed by atoms with Gasteiger partial charge in [-0.3, -0.25) is 4.79 Å². The Morgan fingerprint density at radius 1 is 1.19 bits per heavy atom. The van der Waals surface area contributed by atoms with Crippen molar-refractivity contribution < 1.29 is 14.8 Å². The molecule has 0 aromatic rings. The quantitative estimate of drug-likeness (QED) is 0.449. The van der Waals surface area contributed by atoms with Gasteiger partial charge in [0.25, 0.3) is 0 Å². The molecule has 0 aromatic carbocycles. The summed E-state index contributed by atoms with van der Waals surface area (Å²) >= 11 is 0. The molecule has 4 aliphatic carbocycles. The van der Waals surface area contributed by atoms with Crippen LogP contribution >= 0.6 is 0 Å². The fraction of sp³-hybridized carbons (Fsp3) is 0.857. The molecule has 3 N–H and O–H groups in total. The number of oxime groups is 2. The van der Waals surface area contributed by atoms with Gasteiger partial charge in [0.15, 0.2) is 0 Å². The Labute approximate surface area is 161 Å². The number of ketones is 1. The van der Waals surface area contributed by atoms with E-state index in [1.807, 2.05) is 0 Å². The molecule has 0 heterocycles. The molecule has 0 radical (unpaired) electrons. The molecule has 6 heteroatoms. The molecule has 27 heavy (non-hydrogen) atoms. The van der Waals surface area contributed by atoms with E-state index in [2.05, 4.69) is 24.2 Å². The number of nitrogens with zero attached hydrogens (tertiary/aromatic N) is 2. The van der Waals surface area contributed by atoms with Crippen LogP contribution in [0.2, 0.25) is 0 Å². The molecular formula is C21H33N3O3. The molecule has 0 amide bonds. The molecule has 0 aromatic heterocycles. The van der Waals surface area contributed by atoms with E-state index in [1.54, 1.807) is 0 Å². The van der Waals surface area contributed by atoms with Crippen molar-refractivity contribution in [3.05, 3.63) is 0 Å². The van der Waals surface area contributed by atoms with E-state index in [9.17, 15) is 10.0 Å². The standard InChI is InChI=1S/C21H33N3O3/c1-20-7-5-13(24-27-10-9-22)11-17(20)18(23-26)12-14-15-3-4-19(25)21(15,2)8-6-16(14)20/h14-17,26H,3-12,22H2,1-2H3/b23-18+,24-13+/t14?,15?,16?,17-,20-,21+/m1/s1. The van der Waals surface area contributed by atoms with Gasteiger partial charge in [-0.25, -0.2) is 0 Å². The average Bonchev–Trinajstić information content (AvgIpc) is 2.96. The van der Waals surface area contributed by atoms with Crippen LogP contribution in [0.5, 0.6) is 0 Å². The lowest BCUT2D eigenvalue weighted by Crippen LogP contribution is -2.56. The summed E-state index contributed by atoms with van der Waals surface area (Å²) in [5.41, 5.74) is 7.41. The summed E-state index contributed by atoms with van der Waals surface area (Å²) in [5, 5.41) is 17.9. The minimum Gasteiger partial charge on any atom is -0.411 e. The number of Topliss-reactive ketones (excluding diaryl/α,β-unsaturated/α-hetero) is 1. The number of carbonyl (C=O) groups is 1. The summed E-state index contributed by atoms with van der Waals surface area (Å²) in [6.45, 7) is 5.47. The van der Waals surface area contributed by atoms with Crippen molar-refractivity contribution in [2.45, 2.75) is 65.2 Å². The Morgan fingerprint density at radius 2 is 2.00 bits per heavy atom. The number of fused-ring (bicyclic) bond motifs is 5. The van der Waals surface area contributed by atoms with E-state index in [-0.39, 0.29) is 16.7 Å². The second-order valence-electron chi connectivity index (χ2n) is 9.63. The summed E-state index contributed by atoms with van der Waals surface area (Å²) in [5.74, 6) is 2.19. The van der Waals surface area contributed by atoms with Crippen LogP contribution in [0, 0.1) is 34.5 Å². The second-order valence-corrected chi connectivity index (χ2v) is 9.63. The van der Waals surface area contributed by atoms with Gasteiger partial charge in [-0.2, -0.15) is 0 Å². The Kier molecular flexibility index (Phi) is 4.81. The van der Waals surface area contributed by atoms with Crippen molar-refractivity contribution in [2.24, 2.45) is 50.5 Å². The normalized spacial score (nSPS) is 46.9. The molecule has 4 aliphatic rings. The molecule has 0 aliphatic heterocycles. The van der Waals surface area contributed by atoms with E-state index in [1.165, 1.54) is 0 Å². The van der Waals surface area contributed by atoms with Gasteiger partial charge in [0.05, 0.1) is 11.4 Å². The molecular weight excluding hydrogens is 342 g/mol. The van der Waals surface area contributed by atoms with E-state index in [0.29, 0.717) is 36.7 Å². The van der Waals surface area contributed by atoms with Gasteiger partial charge in [0.1, 0.15) is 12.4 Å². The predicted molar refractivity (Wildman–Crippen MR) is 104 cm³/mol. The molecule has 6 atom stereocenters. The van der Waals surface area contributed by atoms with Crippen LogP contribution in [0.25, 0.3) is 0 Å². The first-order chi connectivity index (χ1) is 12.9. The Bertz CT molecular complexity index is 676. The minimum absolute atomic E-state index is 0.115. The summed E-state index contributed by atoms with van der Waals surface area (Å²) < 4.78 is 0. The van der Waals surface area contributed by atoms with Crippen LogP contribution in [0.15, 0.2) is 10.3 Å². The van der Waals surface area contributed by atoms with Gasteiger partial charge in [0.2, 0.25) is 0 Å². The number of nitrogens with two attached hydrogens (primary N) is 1. The molecule has 4 saturated carbocycles. The Hall–Kier alpha value is -1.43. The zero-order chi connectivity index (χ0) is 19.2. The minimum atomic E-state index is -0.151. The Balaban J connectivity index is 1.61. The highest BCUT2D eigenvalue weighted by molar-refractivity contribution is 5.96. The third-order valence-electron chi connectivity index (χ3n) is 8.56. The maximum absolute atomic E-state index is 12.6. The van der Waals surface area contributed by atoms with Crippen LogP contribution in [0.4, 0.5) is 0 Å². The van der Waals surface area contributed by atoms with Gasteiger partial charge < -0.3 is 15.8 Å². The lowest BCUT2D eigenvalue weighted by atomic mass is 9.45. The van der Waals surface area contributed by atoms with Gasteiger partial charge in [-0.05, 0) is 68.1 Å². The molecule has 0 bridgehead atoms. The van der Waals surface area contributed by atoms with Crippen molar-refractivity contribution in [3.63, 3.8) is 0 Å². The number of hydrogen-bond acceptors (Lipinski definition) is 6. The highest BCUT2D eigenvalue weighted by Gasteiger charge is 2.61. The third kappa shape index (κ3) is 2.82. The predicted octanol–water partition coefficient (Wildman–Crippen LogP) is 3.37. The van der Waals surface area contributed by atoms with E-state index in [0.717, 1.165) is 62.8 Å². The van der Waals surface area contributed by atoms with E-state index in [4.69, 9.17) is 10.6 Å². The lowest BCUT2D eigenvalue weighted by Gasteiger charge is -2.59. The molecule has 4 fully saturated rings. The molecule has 3 unspecified atom stereocenters. The zero-order valence-corrected chi connectivity index (χ0v) is 16.6. The summed E-state index contributed by atoms with van der Waals surface area (Å²) in [7, 11) is 0. The van der Waals surface area contributed by atoms with Gasteiger partial charge in [0, 0.05) is 24.3 Å². The molecule has 0 saturated heterocycles. The maximum Gasteiger partial charge on any atom is 0.139 e. The molecule has 0 spiro atoms.